The van der Waals surface area contributed by atoms with E-state index in [1.54, 1.807) is 28.3 Å². The maximum absolute atomic E-state index is 14.8. The van der Waals surface area contributed by atoms with Gasteiger partial charge in [0.15, 0.2) is 11.5 Å². The summed E-state index contributed by atoms with van der Waals surface area (Å²) in [5.74, 6) is 0.295. The number of thiophene rings is 1. The number of ether oxygens (including phenoxy) is 2. The predicted octanol–water partition coefficient (Wildman–Crippen LogP) is 3.62. The van der Waals surface area contributed by atoms with Gasteiger partial charge in [-0.05, 0) is 23.1 Å². The van der Waals surface area contributed by atoms with E-state index in [1.807, 2.05) is 17.5 Å². The number of fused-ring (bicyclic) bond motifs is 1. The topological polar surface area (TPSA) is 65.4 Å². The predicted molar refractivity (Wildman–Crippen MR) is 100 cm³/mol. The highest BCUT2D eigenvalue weighted by molar-refractivity contribution is 7.09. The van der Waals surface area contributed by atoms with E-state index in [1.165, 1.54) is 20.3 Å². The van der Waals surface area contributed by atoms with Crippen LogP contribution in [0.25, 0.3) is 0 Å². The van der Waals surface area contributed by atoms with Crippen molar-refractivity contribution in [3.05, 3.63) is 57.7 Å². The van der Waals surface area contributed by atoms with Gasteiger partial charge >= 0.3 is 0 Å². The van der Waals surface area contributed by atoms with E-state index < -0.39 is 11.7 Å². The van der Waals surface area contributed by atoms with Crippen molar-refractivity contribution in [2.75, 3.05) is 19.5 Å². The number of aromatic nitrogens is 2. The van der Waals surface area contributed by atoms with E-state index in [4.69, 9.17) is 9.47 Å². The third-order valence-electron chi connectivity index (χ3n) is 4.65. The van der Waals surface area contributed by atoms with Gasteiger partial charge in [-0.3, -0.25) is 4.79 Å². The maximum Gasteiger partial charge on any atom is 0.226 e. The smallest absolute Gasteiger partial charge is 0.226 e. The normalized spacial score (nSPS) is 16.0. The second-order valence-electron chi connectivity index (χ2n) is 6.22. The molecule has 8 heteroatoms. The number of hydrogen-bond acceptors (Lipinski definition) is 5. The number of amides is 1. The van der Waals surface area contributed by atoms with Crippen LogP contribution in [-0.2, 0) is 11.3 Å². The molecule has 6 nitrogen and oxygen atoms in total. The molecule has 3 aromatic rings. The Kier molecular flexibility index (Phi) is 4.57. The lowest BCUT2D eigenvalue weighted by Crippen LogP contribution is -2.25. The first-order chi connectivity index (χ1) is 13.1. The number of anilines is 1. The van der Waals surface area contributed by atoms with Crippen LogP contribution in [0.2, 0.25) is 0 Å². The minimum Gasteiger partial charge on any atom is -0.493 e. The first kappa shape index (κ1) is 17.5. The SMILES string of the molecule is COc1cc(F)c(C2CC(=O)Nc3c2cnn3Cc2cccs2)cc1OC. The van der Waals surface area contributed by atoms with Gasteiger partial charge in [0.1, 0.15) is 11.6 Å². The molecule has 0 fully saturated rings. The molecule has 0 spiro atoms. The summed E-state index contributed by atoms with van der Waals surface area (Å²) in [4.78, 5) is 13.4. The van der Waals surface area contributed by atoms with Crippen molar-refractivity contribution in [3.63, 3.8) is 0 Å². The Morgan fingerprint density at radius 3 is 2.78 bits per heavy atom. The summed E-state index contributed by atoms with van der Waals surface area (Å²) in [6.07, 6.45) is 1.84. The van der Waals surface area contributed by atoms with Gasteiger partial charge in [0, 0.05) is 28.8 Å². The van der Waals surface area contributed by atoms with E-state index >= 15 is 0 Å². The number of benzene rings is 1. The standard InChI is InChI=1S/C19H18FN3O3S/c1-25-16-6-13(15(20)8-17(16)26-2)12-7-18(24)22-19-14(12)9-21-23(19)10-11-4-3-5-27-11/h3-6,8-9,12H,7,10H2,1-2H3,(H,22,24). The van der Waals surface area contributed by atoms with Crippen molar-refractivity contribution in [3.8, 4) is 11.5 Å². The zero-order valence-electron chi connectivity index (χ0n) is 14.9. The molecule has 1 aromatic carbocycles. The number of methoxy groups -OCH3 is 2. The number of rotatable bonds is 5. The molecule has 1 unspecified atom stereocenters. The fourth-order valence-corrected chi connectivity index (χ4v) is 4.04. The lowest BCUT2D eigenvalue weighted by atomic mass is 9.87. The molecule has 1 amide bonds. The number of halogens is 1. The van der Waals surface area contributed by atoms with Crippen LogP contribution in [0.4, 0.5) is 10.2 Å². The van der Waals surface area contributed by atoms with Crippen LogP contribution in [0.1, 0.15) is 28.3 Å². The number of carbonyl (C=O) groups is 1. The van der Waals surface area contributed by atoms with Crippen LogP contribution < -0.4 is 14.8 Å². The van der Waals surface area contributed by atoms with Crippen LogP contribution >= 0.6 is 11.3 Å². The van der Waals surface area contributed by atoms with Crippen molar-refractivity contribution in [1.82, 2.24) is 9.78 Å². The molecular formula is C19H18FN3O3S. The zero-order valence-corrected chi connectivity index (χ0v) is 15.7. The van der Waals surface area contributed by atoms with Crippen molar-refractivity contribution >= 4 is 23.1 Å². The summed E-state index contributed by atoms with van der Waals surface area (Å²) >= 11 is 1.62. The van der Waals surface area contributed by atoms with Gasteiger partial charge < -0.3 is 14.8 Å². The Morgan fingerprint density at radius 1 is 1.30 bits per heavy atom. The van der Waals surface area contributed by atoms with E-state index in [-0.39, 0.29) is 12.3 Å². The van der Waals surface area contributed by atoms with Gasteiger partial charge in [0.2, 0.25) is 5.91 Å². The molecule has 1 N–H and O–H groups in total. The molecule has 1 aliphatic heterocycles. The Morgan fingerprint density at radius 2 is 2.07 bits per heavy atom. The average Bonchev–Trinajstić information content (AvgIpc) is 3.31. The first-order valence-corrected chi connectivity index (χ1v) is 9.28. The molecule has 0 saturated heterocycles. The molecule has 0 saturated carbocycles. The molecule has 0 aliphatic carbocycles. The molecule has 0 bridgehead atoms. The fraction of sp³-hybridized carbons (Fsp3) is 0.263. The molecule has 1 aliphatic rings. The summed E-state index contributed by atoms with van der Waals surface area (Å²) in [5, 5.41) is 9.29. The summed E-state index contributed by atoms with van der Waals surface area (Å²) in [5.41, 5.74) is 1.18. The Labute approximate surface area is 159 Å². The van der Waals surface area contributed by atoms with Crippen molar-refractivity contribution in [2.24, 2.45) is 0 Å². The number of nitrogens with one attached hydrogen (secondary N) is 1. The van der Waals surface area contributed by atoms with E-state index in [2.05, 4.69) is 10.4 Å². The number of nitrogens with zero attached hydrogens (tertiary/aromatic N) is 2. The van der Waals surface area contributed by atoms with E-state index in [0.29, 0.717) is 29.4 Å². The molecule has 27 heavy (non-hydrogen) atoms. The van der Waals surface area contributed by atoms with Gasteiger partial charge in [-0.15, -0.1) is 11.3 Å². The largest absolute Gasteiger partial charge is 0.493 e. The van der Waals surface area contributed by atoms with Crippen LogP contribution in [0.3, 0.4) is 0 Å². The van der Waals surface area contributed by atoms with Crippen molar-refractivity contribution < 1.29 is 18.7 Å². The molecule has 4 rings (SSSR count). The van der Waals surface area contributed by atoms with E-state index in [0.717, 1.165) is 10.4 Å². The van der Waals surface area contributed by atoms with Crippen LogP contribution in [0.5, 0.6) is 11.5 Å². The second-order valence-corrected chi connectivity index (χ2v) is 7.25. The lowest BCUT2D eigenvalue weighted by molar-refractivity contribution is -0.116. The maximum atomic E-state index is 14.8. The lowest BCUT2D eigenvalue weighted by Gasteiger charge is -2.24. The highest BCUT2D eigenvalue weighted by Gasteiger charge is 2.32. The summed E-state index contributed by atoms with van der Waals surface area (Å²) in [6.45, 7) is 0.550. The molecule has 0 radical (unpaired) electrons. The first-order valence-electron chi connectivity index (χ1n) is 8.40. The molecular weight excluding hydrogens is 369 g/mol. The average molecular weight is 387 g/mol. The third-order valence-corrected chi connectivity index (χ3v) is 5.52. The minimum atomic E-state index is -0.440. The zero-order chi connectivity index (χ0) is 19.0. The molecule has 3 heterocycles. The molecule has 2 aromatic heterocycles. The van der Waals surface area contributed by atoms with Gasteiger partial charge in [0.05, 0.1) is 27.0 Å². The van der Waals surface area contributed by atoms with Gasteiger partial charge in [-0.25, -0.2) is 9.07 Å². The van der Waals surface area contributed by atoms with Gasteiger partial charge in [-0.1, -0.05) is 6.07 Å². The fourth-order valence-electron chi connectivity index (χ4n) is 3.35. The van der Waals surface area contributed by atoms with Crippen LogP contribution in [0, 0.1) is 5.82 Å². The molecule has 140 valence electrons. The quantitative estimate of drug-likeness (QED) is 0.726. The Hall–Kier alpha value is -2.87. The van der Waals surface area contributed by atoms with Gasteiger partial charge in [0.25, 0.3) is 0 Å². The van der Waals surface area contributed by atoms with Gasteiger partial charge in [-0.2, -0.15) is 5.10 Å². The Balaban J connectivity index is 1.76. The van der Waals surface area contributed by atoms with Crippen molar-refractivity contribution in [2.45, 2.75) is 18.9 Å². The Bertz CT molecular complexity index is 985. The van der Waals surface area contributed by atoms with Crippen LogP contribution in [0.15, 0.2) is 35.8 Å². The summed E-state index contributed by atoms with van der Waals surface area (Å²) < 4.78 is 27.0. The molecule has 1 atom stereocenters. The monoisotopic (exact) mass is 387 g/mol. The minimum absolute atomic E-state index is 0.143. The second kappa shape index (κ2) is 7.03. The summed E-state index contributed by atoms with van der Waals surface area (Å²) in [6, 6.07) is 6.86. The third kappa shape index (κ3) is 3.16. The van der Waals surface area contributed by atoms with Crippen molar-refractivity contribution in [1.29, 1.82) is 0 Å². The highest BCUT2D eigenvalue weighted by atomic mass is 32.1. The van der Waals surface area contributed by atoms with E-state index in [9.17, 15) is 9.18 Å². The highest BCUT2D eigenvalue weighted by Crippen LogP contribution is 2.41. The summed E-state index contributed by atoms with van der Waals surface area (Å²) in [7, 11) is 2.95. The number of hydrogen-bond donors (Lipinski definition) is 1. The van der Waals surface area contributed by atoms with Crippen LogP contribution in [-0.4, -0.2) is 29.9 Å². The number of carbonyl (C=O) groups excluding carboxylic acids is 1.